The van der Waals surface area contributed by atoms with Crippen molar-refractivity contribution in [1.82, 2.24) is 5.32 Å². The van der Waals surface area contributed by atoms with E-state index in [-0.39, 0.29) is 0 Å². The van der Waals surface area contributed by atoms with E-state index in [9.17, 15) is 0 Å². The van der Waals surface area contributed by atoms with Gasteiger partial charge < -0.3 is 10.1 Å². The van der Waals surface area contributed by atoms with Crippen molar-refractivity contribution >= 4 is 11.8 Å². The Balaban J connectivity index is 2.63. The first kappa shape index (κ1) is 16.4. The summed E-state index contributed by atoms with van der Waals surface area (Å²) in [5.41, 5.74) is 1.29. The number of ether oxygens (including phenoxy) is 1. The molecule has 0 aromatic heterocycles. The molecule has 0 saturated carbocycles. The Morgan fingerprint density at radius 1 is 1.26 bits per heavy atom. The van der Waals surface area contributed by atoms with E-state index < -0.39 is 0 Å². The quantitative estimate of drug-likeness (QED) is 0.745. The van der Waals surface area contributed by atoms with Crippen molar-refractivity contribution in [2.45, 2.75) is 44.9 Å². The predicted molar refractivity (Wildman–Crippen MR) is 86.4 cm³/mol. The standard InChI is InChI=1S/C16H27NOS/c1-5-10-17-15(12-19-13(2)3)11-14-8-6-7-9-16(14)18-4/h6-9,13,15,17H,5,10-12H2,1-4H3. The van der Waals surface area contributed by atoms with Crippen molar-refractivity contribution in [3.63, 3.8) is 0 Å². The lowest BCUT2D eigenvalue weighted by Crippen LogP contribution is -2.34. The van der Waals surface area contributed by atoms with E-state index in [1.807, 2.05) is 23.9 Å². The molecular weight excluding hydrogens is 254 g/mol. The number of benzene rings is 1. The Kier molecular flexibility index (Phi) is 7.99. The van der Waals surface area contributed by atoms with Crippen LogP contribution in [-0.4, -0.2) is 30.7 Å². The van der Waals surface area contributed by atoms with Gasteiger partial charge in [-0.05, 0) is 36.3 Å². The van der Waals surface area contributed by atoms with Crippen LogP contribution in [0.4, 0.5) is 0 Å². The molecule has 0 saturated heterocycles. The molecule has 3 heteroatoms. The summed E-state index contributed by atoms with van der Waals surface area (Å²) in [7, 11) is 1.75. The molecule has 2 nitrogen and oxygen atoms in total. The first-order chi connectivity index (χ1) is 9.17. The van der Waals surface area contributed by atoms with Crippen molar-refractivity contribution in [1.29, 1.82) is 0 Å². The van der Waals surface area contributed by atoms with Gasteiger partial charge in [-0.2, -0.15) is 11.8 Å². The Bertz CT molecular complexity index is 354. The maximum absolute atomic E-state index is 5.44. The van der Waals surface area contributed by atoms with Gasteiger partial charge in [0, 0.05) is 11.8 Å². The third kappa shape index (κ3) is 6.35. The SMILES string of the molecule is CCCNC(CSC(C)C)Cc1ccccc1OC. The zero-order valence-electron chi connectivity index (χ0n) is 12.6. The van der Waals surface area contributed by atoms with E-state index in [4.69, 9.17) is 4.74 Å². The van der Waals surface area contributed by atoms with Crippen LogP contribution >= 0.6 is 11.8 Å². The molecule has 1 N–H and O–H groups in total. The Morgan fingerprint density at radius 3 is 2.63 bits per heavy atom. The van der Waals surface area contributed by atoms with Crippen LogP contribution in [0.5, 0.6) is 5.75 Å². The van der Waals surface area contributed by atoms with Gasteiger partial charge in [0.15, 0.2) is 0 Å². The Labute approximate surface area is 122 Å². The number of rotatable bonds is 9. The van der Waals surface area contributed by atoms with Crippen LogP contribution in [0.1, 0.15) is 32.8 Å². The highest BCUT2D eigenvalue weighted by Gasteiger charge is 2.12. The minimum atomic E-state index is 0.517. The lowest BCUT2D eigenvalue weighted by atomic mass is 10.1. The fourth-order valence-corrected chi connectivity index (χ4v) is 2.84. The summed E-state index contributed by atoms with van der Waals surface area (Å²) < 4.78 is 5.44. The van der Waals surface area contributed by atoms with E-state index in [1.165, 1.54) is 12.0 Å². The number of hydrogen-bond donors (Lipinski definition) is 1. The second kappa shape index (κ2) is 9.27. The van der Waals surface area contributed by atoms with Crippen LogP contribution < -0.4 is 10.1 Å². The molecule has 1 unspecified atom stereocenters. The van der Waals surface area contributed by atoms with Crippen molar-refractivity contribution in [2.75, 3.05) is 19.4 Å². The molecular formula is C16H27NOS. The van der Waals surface area contributed by atoms with Gasteiger partial charge in [0.05, 0.1) is 7.11 Å². The lowest BCUT2D eigenvalue weighted by Gasteiger charge is -2.20. The smallest absolute Gasteiger partial charge is 0.122 e. The molecule has 1 aromatic carbocycles. The highest BCUT2D eigenvalue weighted by molar-refractivity contribution is 7.99. The van der Waals surface area contributed by atoms with Gasteiger partial charge in [0.1, 0.15) is 5.75 Å². The zero-order valence-corrected chi connectivity index (χ0v) is 13.4. The number of methoxy groups -OCH3 is 1. The van der Waals surface area contributed by atoms with Gasteiger partial charge in [0.25, 0.3) is 0 Å². The van der Waals surface area contributed by atoms with Crippen molar-refractivity contribution < 1.29 is 4.74 Å². The average Bonchev–Trinajstić information content (AvgIpc) is 2.42. The van der Waals surface area contributed by atoms with Crippen LogP contribution in [0.2, 0.25) is 0 Å². The van der Waals surface area contributed by atoms with Crippen LogP contribution in [0.15, 0.2) is 24.3 Å². The summed E-state index contributed by atoms with van der Waals surface area (Å²) >= 11 is 2.02. The topological polar surface area (TPSA) is 21.3 Å². The largest absolute Gasteiger partial charge is 0.496 e. The predicted octanol–water partition coefficient (Wildman–Crippen LogP) is 3.75. The van der Waals surface area contributed by atoms with Gasteiger partial charge >= 0.3 is 0 Å². The van der Waals surface area contributed by atoms with Crippen molar-refractivity contribution in [3.05, 3.63) is 29.8 Å². The molecule has 0 amide bonds. The van der Waals surface area contributed by atoms with Gasteiger partial charge in [-0.25, -0.2) is 0 Å². The Morgan fingerprint density at radius 2 is 2.00 bits per heavy atom. The van der Waals surface area contributed by atoms with Crippen molar-refractivity contribution in [2.24, 2.45) is 0 Å². The average molecular weight is 281 g/mol. The molecule has 0 bridgehead atoms. The minimum Gasteiger partial charge on any atom is -0.496 e. The molecule has 0 spiro atoms. The van der Waals surface area contributed by atoms with E-state index >= 15 is 0 Å². The van der Waals surface area contributed by atoms with E-state index in [0.717, 1.165) is 24.5 Å². The lowest BCUT2D eigenvalue weighted by molar-refractivity contribution is 0.406. The molecule has 0 aliphatic carbocycles. The molecule has 0 aliphatic heterocycles. The fourth-order valence-electron chi connectivity index (χ4n) is 1.98. The van der Waals surface area contributed by atoms with E-state index in [1.54, 1.807) is 7.11 Å². The number of nitrogens with one attached hydrogen (secondary N) is 1. The Hall–Kier alpha value is -0.670. The van der Waals surface area contributed by atoms with Gasteiger partial charge in [-0.15, -0.1) is 0 Å². The number of hydrogen-bond acceptors (Lipinski definition) is 3. The second-order valence-electron chi connectivity index (χ2n) is 5.05. The summed E-state index contributed by atoms with van der Waals surface area (Å²) in [6.07, 6.45) is 2.21. The molecule has 1 rings (SSSR count). The molecule has 0 aliphatic rings. The third-order valence-corrected chi connectivity index (χ3v) is 4.23. The summed E-state index contributed by atoms with van der Waals surface area (Å²) in [6, 6.07) is 8.84. The highest BCUT2D eigenvalue weighted by Crippen LogP contribution is 2.21. The van der Waals surface area contributed by atoms with E-state index in [0.29, 0.717) is 11.3 Å². The van der Waals surface area contributed by atoms with Crippen LogP contribution in [0, 0.1) is 0 Å². The first-order valence-corrected chi connectivity index (χ1v) is 8.19. The van der Waals surface area contributed by atoms with E-state index in [2.05, 4.69) is 38.2 Å². The second-order valence-corrected chi connectivity index (χ2v) is 6.66. The molecule has 19 heavy (non-hydrogen) atoms. The molecule has 0 heterocycles. The molecule has 1 atom stereocenters. The summed E-state index contributed by atoms with van der Waals surface area (Å²) in [5.74, 6) is 2.15. The van der Waals surface area contributed by atoms with Gasteiger partial charge in [-0.3, -0.25) is 0 Å². The fraction of sp³-hybridized carbons (Fsp3) is 0.625. The van der Waals surface area contributed by atoms with Crippen LogP contribution in [0.3, 0.4) is 0 Å². The molecule has 1 aromatic rings. The highest BCUT2D eigenvalue weighted by atomic mass is 32.2. The normalized spacial score (nSPS) is 12.7. The third-order valence-electron chi connectivity index (χ3n) is 2.97. The maximum atomic E-state index is 5.44. The van der Waals surface area contributed by atoms with Crippen molar-refractivity contribution in [3.8, 4) is 5.75 Å². The van der Waals surface area contributed by atoms with Gasteiger partial charge in [-0.1, -0.05) is 39.0 Å². The van der Waals surface area contributed by atoms with Gasteiger partial charge in [0.2, 0.25) is 0 Å². The maximum Gasteiger partial charge on any atom is 0.122 e. The first-order valence-electron chi connectivity index (χ1n) is 7.14. The molecule has 0 fully saturated rings. The molecule has 0 radical (unpaired) electrons. The summed E-state index contributed by atoms with van der Waals surface area (Å²) in [6.45, 7) is 7.80. The number of para-hydroxylation sites is 1. The van der Waals surface area contributed by atoms with Crippen LogP contribution in [0.25, 0.3) is 0 Å². The zero-order chi connectivity index (χ0) is 14.1. The summed E-state index contributed by atoms with van der Waals surface area (Å²) in [5, 5.41) is 4.33. The minimum absolute atomic E-state index is 0.517. The summed E-state index contributed by atoms with van der Waals surface area (Å²) in [4.78, 5) is 0. The molecule has 108 valence electrons. The monoisotopic (exact) mass is 281 g/mol. The van der Waals surface area contributed by atoms with Crippen LogP contribution in [-0.2, 0) is 6.42 Å². The number of thioether (sulfide) groups is 1.